The van der Waals surface area contributed by atoms with E-state index in [1.807, 2.05) is 38.1 Å². The third-order valence-corrected chi connectivity index (χ3v) is 4.66. The minimum Gasteiger partial charge on any atom is -0.481 e. The van der Waals surface area contributed by atoms with E-state index in [1.54, 1.807) is 4.90 Å². The Balaban J connectivity index is 1.87. The maximum absolute atomic E-state index is 12.1. The molecule has 2 atom stereocenters. The number of hydrogen-bond donors (Lipinski definition) is 1. The van der Waals surface area contributed by atoms with Crippen molar-refractivity contribution >= 4 is 23.6 Å². The van der Waals surface area contributed by atoms with E-state index in [1.165, 1.54) is 17.3 Å². The molecule has 1 fully saturated rings. The zero-order valence-electron chi connectivity index (χ0n) is 11.7. The fourth-order valence-corrected chi connectivity index (χ4v) is 3.16. The van der Waals surface area contributed by atoms with Crippen molar-refractivity contribution in [1.29, 1.82) is 0 Å². The molecule has 1 saturated heterocycles. The van der Waals surface area contributed by atoms with Gasteiger partial charge in [-0.1, -0.05) is 24.6 Å². The smallest absolute Gasteiger partial charge is 0.308 e. The van der Waals surface area contributed by atoms with Crippen molar-refractivity contribution in [2.45, 2.75) is 18.7 Å². The summed E-state index contributed by atoms with van der Waals surface area (Å²) in [5, 5.41) is 9.07. The molecule has 20 heavy (non-hydrogen) atoms. The number of likely N-dealkylation sites (tertiary alicyclic amines) is 1. The molecule has 0 aliphatic carbocycles. The molecular weight excluding hydrogens is 274 g/mol. The van der Waals surface area contributed by atoms with E-state index in [0.29, 0.717) is 18.8 Å². The number of thioether (sulfide) groups is 1. The first-order chi connectivity index (χ1) is 9.47. The highest BCUT2D eigenvalue weighted by molar-refractivity contribution is 8.00. The molecule has 2 rings (SSSR count). The molecule has 4 nitrogen and oxygen atoms in total. The van der Waals surface area contributed by atoms with E-state index in [2.05, 4.69) is 0 Å². The number of aliphatic carboxylic acids is 1. The number of nitrogens with zero attached hydrogens (tertiary/aromatic N) is 1. The molecule has 1 heterocycles. The Morgan fingerprint density at radius 1 is 1.30 bits per heavy atom. The van der Waals surface area contributed by atoms with Gasteiger partial charge in [-0.3, -0.25) is 9.59 Å². The second-order valence-corrected chi connectivity index (χ2v) is 6.37. The Morgan fingerprint density at radius 3 is 2.50 bits per heavy atom. The third-order valence-electron chi connectivity index (χ3n) is 3.67. The SMILES string of the molecule is Cc1ccc(SCC(=O)N2CC(C)C(C(=O)O)C2)cc1. The Bertz CT molecular complexity index is 500. The highest BCUT2D eigenvalue weighted by atomic mass is 32.2. The van der Waals surface area contributed by atoms with Crippen LogP contribution in [0.4, 0.5) is 0 Å². The van der Waals surface area contributed by atoms with Gasteiger partial charge in [0.15, 0.2) is 0 Å². The van der Waals surface area contributed by atoms with Crippen LogP contribution in [0.1, 0.15) is 12.5 Å². The quantitative estimate of drug-likeness (QED) is 0.865. The molecular formula is C15H19NO3S. The summed E-state index contributed by atoms with van der Waals surface area (Å²) in [6.45, 7) is 4.80. The Morgan fingerprint density at radius 2 is 1.95 bits per heavy atom. The average Bonchev–Trinajstić information content (AvgIpc) is 2.80. The second-order valence-electron chi connectivity index (χ2n) is 5.32. The van der Waals surface area contributed by atoms with Crippen molar-refractivity contribution in [2.24, 2.45) is 11.8 Å². The van der Waals surface area contributed by atoms with Crippen LogP contribution in [0.2, 0.25) is 0 Å². The summed E-state index contributed by atoms with van der Waals surface area (Å²) in [5.41, 5.74) is 1.19. The number of carboxylic acid groups (broad SMARTS) is 1. The van der Waals surface area contributed by atoms with Gasteiger partial charge in [0.25, 0.3) is 0 Å². The standard InChI is InChI=1S/C15H19NO3S/c1-10-3-5-12(6-4-10)20-9-14(17)16-7-11(2)13(8-16)15(18)19/h3-6,11,13H,7-9H2,1-2H3,(H,18,19). The predicted molar refractivity (Wildman–Crippen MR) is 78.8 cm³/mol. The Hall–Kier alpha value is -1.49. The highest BCUT2D eigenvalue weighted by Gasteiger charge is 2.36. The average molecular weight is 293 g/mol. The van der Waals surface area contributed by atoms with Crippen LogP contribution >= 0.6 is 11.8 Å². The van der Waals surface area contributed by atoms with Gasteiger partial charge in [0.2, 0.25) is 5.91 Å². The molecule has 5 heteroatoms. The van der Waals surface area contributed by atoms with Crippen molar-refractivity contribution in [3.05, 3.63) is 29.8 Å². The number of aryl methyl sites for hydroxylation is 1. The highest BCUT2D eigenvalue weighted by Crippen LogP contribution is 2.25. The van der Waals surface area contributed by atoms with Crippen LogP contribution in [0.3, 0.4) is 0 Å². The van der Waals surface area contributed by atoms with Crippen LogP contribution in [-0.4, -0.2) is 40.7 Å². The zero-order valence-corrected chi connectivity index (χ0v) is 12.5. The molecule has 1 aliphatic rings. The van der Waals surface area contributed by atoms with Crippen LogP contribution in [0.15, 0.2) is 29.2 Å². The molecule has 1 aromatic carbocycles. The summed E-state index contributed by atoms with van der Waals surface area (Å²) in [4.78, 5) is 25.9. The van der Waals surface area contributed by atoms with Gasteiger partial charge < -0.3 is 10.0 Å². The van der Waals surface area contributed by atoms with Crippen LogP contribution in [0.5, 0.6) is 0 Å². The lowest BCUT2D eigenvalue weighted by Crippen LogP contribution is -2.31. The summed E-state index contributed by atoms with van der Waals surface area (Å²) in [5.74, 6) is -0.823. The van der Waals surface area contributed by atoms with Crippen molar-refractivity contribution in [2.75, 3.05) is 18.8 Å². The summed E-state index contributed by atoms with van der Waals surface area (Å²) in [7, 11) is 0. The largest absolute Gasteiger partial charge is 0.481 e. The first kappa shape index (κ1) is 14.9. The minimum atomic E-state index is -0.806. The minimum absolute atomic E-state index is 0.0196. The molecule has 0 bridgehead atoms. The normalized spacial score (nSPS) is 22.0. The van der Waals surface area contributed by atoms with Crippen molar-refractivity contribution < 1.29 is 14.7 Å². The lowest BCUT2D eigenvalue weighted by atomic mass is 9.99. The topological polar surface area (TPSA) is 57.6 Å². The molecule has 1 aromatic rings. The van der Waals surface area contributed by atoms with Gasteiger partial charge in [-0.05, 0) is 25.0 Å². The van der Waals surface area contributed by atoms with Gasteiger partial charge in [0, 0.05) is 18.0 Å². The molecule has 0 spiro atoms. The molecule has 0 radical (unpaired) electrons. The van der Waals surface area contributed by atoms with Crippen LogP contribution in [-0.2, 0) is 9.59 Å². The molecule has 2 unspecified atom stereocenters. The predicted octanol–water partition coefficient (Wildman–Crippen LogP) is 2.27. The number of rotatable bonds is 4. The van der Waals surface area contributed by atoms with Crippen LogP contribution < -0.4 is 0 Å². The second kappa shape index (κ2) is 6.31. The van der Waals surface area contributed by atoms with E-state index in [4.69, 9.17) is 5.11 Å². The van der Waals surface area contributed by atoms with E-state index >= 15 is 0 Å². The van der Waals surface area contributed by atoms with Gasteiger partial charge in [0.05, 0.1) is 11.7 Å². The molecule has 1 N–H and O–H groups in total. The first-order valence-electron chi connectivity index (χ1n) is 6.67. The lowest BCUT2D eigenvalue weighted by Gasteiger charge is -2.15. The fraction of sp³-hybridized carbons (Fsp3) is 0.467. The molecule has 0 saturated carbocycles. The summed E-state index contributed by atoms with van der Waals surface area (Å²) in [6.07, 6.45) is 0. The van der Waals surface area contributed by atoms with E-state index in [-0.39, 0.29) is 11.8 Å². The van der Waals surface area contributed by atoms with E-state index in [9.17, 15) is 9.59 Å². The van der Waals surface area contributed by atoms with Crippen LogP contribution in [0, 0.1) is 18.8 Å². The first-order valence-corrected chi connectivity index (χ1v) is 7.66. The Kier molecular flexibility index (Phi) is 4.70. The number of amides is 1. The number of hydrogen-bond acceptors (Lipinski definition) is 3. The van der Waals surface area contributed by atoms with E-state index in [0.717, 1.165) is 4.90 Å². The Labute approximate surface area is 123 Å². The molecule has 0 aromatic heterocycles. The summed E-state index contributed by atoms with van der Waals surface area (Å²) >= 11 is 1.50. The molecule has 1 amide bonds. The van der Waals surface area contributed by atoms with Gasteiger partial charge in [-0.25, -0.2) is 0 Å². The monoisotopic (exact) mass is 293 g/mol. The van der Waals surface area contributed by atoms with E-state index < -0.39 is 11.9 Å². The number of carboxylic acids is 1. The number of carbonyl (C=O) groups excluding carboxylic acids is 1. The number of benzene rings is 1. The van der Waals surface area contributed by atoms with Gasteiger partial charge >= 0.3 is 5.97 Å². The fourth-order valence-electron chi connectivity index (χ4n) is 2.36. The lowest BCUT2D eigenvalue weighted by molar-refractivity contribution is -0.142. The van der Waals surface area contributed by atoms with Crippen molar-refractivity contribution in [3.63, 3.8) is 0 Å². The van der Waals surface area contributed by atoms with Crippen LogP contribution in [0.25, 0.3) is 0 Å². The molecule has 1 aliphatic heterocycles. The summed E-state index contributed by atoms with van der Waals surface area (Å²) < 4.78 is 0. The maximum atomic E-state index is 12.1. The maximum Gasteiger partial charge on any atom is 0.308 e. The zero-order chi connectivity index (χ0) is 14.7. The van der Waals surface area contributed by atoms with Crippen molar-refractivity contribution in [3.8, 4) is 0 Å². The molecule has 108 valence electrons. The summed E-state index contributed by atoms with van der Waals surface area (Å²) in [6, 6.07) is 8.04. The van der Waals surface area contributed by atoms with Gasteiger partial charge in [0.1, 0.15) is 0 Å². The third kappa shape index (κ3) is 3.54. The van der Waals surface area contributed by atoms with Gasteiger partial charge in [-0.2, -0.15) is 0 Å². The number of carbonyl (C=O) groups is 2. The van der Waals surface area contributed by atoms with Crippen molar-refractivity contribution in [1.82, 2.24) is 4.90 Å². The van der Waals surface area contributed by atoms with Gasteiger partial charge in [-0.15, -0.1) is 11.8 Å².